The van der Waals surface area contributed by atoms with Crippen molar-refractivity contribution in [1.29, 1.82) is 0 Å². The fourth-order valence-electron chi connectivity index (χ4n) is 4.30. The van der Waals surface area contributed by atoms with Crippen LogP contribution >= 0.6 is 11.3 Å². The average molecular weight is 431 g/mol. The normalized spacial score (nSPS) is 22.2. The van der Waals surface area contributed by atoms with E-state index in [-0.39, 0.29) is 37.0 Å². The van der Waals surface area contributed by atoms with Crippen LogP contribution in [0.25, 0.3) is 10.1 Å². The van der Waals surface area contributed by atoms with Crippen LogP contribution in [0.1, 0.15) is 42.3 Å². The highest BCUT2D eigenvalue weighted by Gasteiger charge is 2.33. The van der Waals surface area contributed by atoms with Crippen LogP contribution in [0.15, 0.2) is 24.3 Å². The third kappa shape index (κ3) is 4.20. The summed E-state index contributed by atoms with van der Waals surface area (Å²) < 4.78 is 11.3. The van der Waals surface area contributed by atoms with E-state index in [1.54, 1.807) is 6.92 Å². The summed E-state index contributed by atoms with van der Waals surface area (Å²) in [5, 5.41) is 3.87. The van der Waals surface area contributed by atoms with Crippen LogP contribution in [0.3, 0.4) is 0 Å². The second kappa shape index (κ2) is 9.14. The number of benzene rings is 1. The topological polar surface area (TPSA) is 84.9 Å². The van der Waals surface area contributed by atoms with Crippen molar-refractivity contribution in [1.82, 2.24) is 4.90 Å². The summed E-state index contributed by atoms with van der Waals surface area (Å²) >= 11 is 1.33. The van der Waals surface area contributed by atoms with Crippen LogP contribution in [0.4, 0.5) is 5.69 Å². The lowest BCUT2D eigenvalue weighted by molar-refractivity contribution is -0.146. The van der Waals surface area contributed by atoms with Crippen LogP contribution in [0.2, 0.25) is 0 Å². The summed E-state index contributed by atoms with van der Waals surface area (Å²) in [4.78, 5) is 39.9. The molecule has 4 rings (SSSR count). The molecule has 1 saturated carbocycles. The van der Waals surface area contributed by atoms with Crippen molar-refractivity contribution >= 4 is 44.9 Å². The van der Waals surface area contributed by atoms with Gasteiger partial charge >= 0.3 is 5.97 Å². The number of hydrogen-bond acceptors (Lipinski definition) is 6. The number of fused-ring (bicyclic) bond motifs is 1. The molecule has 0 unspecified atom stereocenters. The van der Waals surface area contributed by atoms with Gasteiger partial charge in [0.1, 0.15) is 11.5 Å². The Kier molecular flexibility index (Phi) is 6.34. The molecule has 1 aromatic heterocycles. The zero-order chi connectivity index (χ0) is 21.1. The van der Waals surface area contributed by atoms with Crippen LogP contribution in [-0.2, 0) is 19.1 Å². The molecule has 1 N–H and O–H groups in total. The van der Waals surface area contributed by atoms with Crippen molar-refractivity contribution in [3.8, 4) is 0 Å². The average Bonchev–Trinajstić information content (AvgIpc) is 3.13. The molecule has 1 saturated heterocycles. The Morgan fingerprint density at radius 1 is 1.23 bits per heavy atom. The number of hydrogen-bond donors (Lipinski definition) is 1. The van der Waals surface area contributed by atoms with E-state index in [9.17, 15) is 14.4 Å². The number of carbonyl (C=O) groups is 3. The molecule has 0 spiro atoms. The number of anilines is 1. The van der Waals surface area contributed by atoms with E-state index >= 15 is 0 Å². The molecule has 2 aromatic rings. The monoisotopic (exact) mass is 430 g/mol. The van der Waals surface area contributed by atoms with Gasteiger partial charge in [-0.1, -0.05) is 18.2 Å². The highest BCUT2D eigenvalue weighted by Crippen LogP contribution is 2.37. The molecule has 0 bridgehead atoms. The molecule has 30 heavy (non-hydrogen) atoms. The molecule has 1 aromatic carbocycles. The van der Waals surface area contributed by atoms with Gasteiger partial charge in [0.2, 0.25) is 11.8 Å². The molecule has 2 amide bonds. The van der Waals surface area contributed by atoms with Crippen LogP contribution < -0.4 is 5.32 Å². The fraction of sp³-hybridized carbons (Fsp3) is 0.500. The molecule has 0 radical (unpaired) electrons. The lowest BCUT2D eigenvalue weighted by Crippen LogP contribution is -2.49. The van der Waals surface area contributed by atoms with E-state index in [1.807, 2.05) is 29.2 Å². The number of carbonyl (C=O) groups excluding carboxylic acids is 3. The lowest BCUT2D eigenvalue weighted by atomic mass is 9.84. The van der Waals surface area contributed by atoms with Gasteiger partial charge in [0.25, 0.3) is 0 Å². The third-order valence-corrected chi connectivity index (χ3v) is 6.99. The van der Waals surface area contributed by atoms with Crippen LogP contribution in [0.5, 0.6) is 0 Å². The van der Waals surface area contributed by atoms with Crippen molar-refractivity contribution in [3.05, 3.63) is 29.1 Å². The van der Waals surface area contributed by atoms with E-state index in [2.05, 4.69) is 5.32 Å². The summed E-state index contributed by atoms with van der Waals surface area (Å²) in [6, 6.07) is 7.83. The maximum absolute atomic E-state index is 13.0. The Hall–Kier alpha value is -2.45. The fourth-order valence-corrected chi connectivity index (χ4v) is 5.35. The molecule has 2 heterocycles. The predicted octanol–water partition coefficient (Wildman–Crippen LogP) is 3.43. The molecule has 160 valence electrons. The SMILES string of the molecule is CCOC(=O)c1sc2ccccc2c1NC(=O)[C@H]1CC[C@H](N2CCOCC2=O)CC1. The number of nitrogens with one attached hydrogen (secondary N) is 1. The van der Waals surface area contributed by atoms with Gasteiger partial charge in [0.15, 0.2) is 0 Å². The molecule has 2 fully saturated rings. The quantitative estimate of drug-likeness (QED) is 0.735. The molecule has 8 heteroatoms. The van der Waals surface area contributed by atoms with E-state index in [0.717, 1.165) is 35.8 Å². The maximum Gasteiger partial charge on any atom is 0.350 e. The minimum atomic E-state index is -0.413. The number of nitrogens with zero attached hydrogens (tertiary/aromatic N) is 1. The second-order valence-corrected chi connectivity index (χ2v) is 8.71. The first kappa shape index (κ1) is 20.8. The molecule has 0 atom stereocenters. The summed E-state index contributed by atoms with van der Waals surface area (Å²) in [6.07, 6.45) is 3.05. The Labute approximate surface area is 179 Å². The predicted molar refractivity (Wildman–Crippen MR) is 115 cm³/mol. The number of rotatable bonds is 5. The van der Waals surface area contributed by atoms with E-state index < -0.39 is 5.97 Å². The van der Waals surface area contributed by atoms with Gasteiger partial charge in [-0.2, -0.15) is 0 Å². The summed E-state index contributed by atoms with van der Waals surface area (Å²) in [5.41, 5.74) is 0.546. The van der Waals surface area contributed by atoms with Crippen molar-refractivity contribution in [2.24, 2.45) is 5.92 Å². The van der Waals surface area contributed by atoms with E-state index in [1.165, 1.54) is 11.3 Å². The highest BCUT2D eigenvalue weighted by molar-refractivity contribution is 7.21. The molecule has 2 aliphatic rings. The Morgan fingerprint density at radius 2 is 2.00 bits per heavy atom. The van der Waals surface area contributed by atoms with Gasteiger partial charge in [-0.25, -0.2) is 4.79 Å². The summed E-state index contributed by atoms with van der Waals surface area (Å²) in [6.45, 7) is 3.41. The maximum atomic E-state index is 13.0. The zero-order valence-electron chi connectivity index (χ0n) is 17.0. The minimum absolute atomic E-state index is 0.0398. The number of morpholine rings is 1. The van der Waals surface area contributed by atoms with Gasteiger partial charge < -0.3 is 19.7 Å². The third-order valence-electron chi connectivity index (χ3n) is 5.84. The van der Waals surface area contributed by atoms with Crippen molar-refractivity contribution in [2.75, 3.05) is 31.7 Å². The van der Waals surface area contributed by atoms with Gasteiger partial charge in [-0.05, 0) is 38.7 Å². The molecular formula is C22H26N2O5S. The van der Waals surface area contributed by atoms with Crippen molar-refractivity contribution in [3.63, 3.8) is 0 Å². The largest absolute Gasteiger partial charge is 0.462 e. The molecule has 1 aliphatic heterocycles. The summed E-state index contributed by atoms with van der Waals surface area (Å²) in [7, 11) is 0. The second-order valence-electron chi connectivity index (χ2n) is 7.66. The smallest absolute Gasteiger partial charge is 0.350 e. The number of ether oxygens (including phenoxy) is 2. The van der Waals surface area contributed by atoms with E-state index in [0.29, 0.717) is 23.7 Å². The first-order chi connectivity index (χ1) is 14.6. The lowest BCUT2D eigenvalue weighted by Gasteiger charge is -2.38. The van der Waals surface area contributed by atoms with Crippen molar-refractivity contribution in [2.45, 2.75) is 38.6 Å². The Morgan fingerprint density at radius 3 is 2.73 bits per heavy atom. The first-order valence-corrected chi connectivity index (χ1v) is 11.3. The molecular weight excluding hydrogens is 404 g/mol. The van der Waals surface area contributed by atoms with Gasteiger partial charge in [0, 0.05) is 28.6 Å². The minimum Gasteiger partial charge on any atom is -0.462 e. The van der Waals surface area contributed by atoms with Crippen LogP contribution in [-0.4, -0.2) is 55.1 Å². The van der Waals surface area contributed by atoms with Gasteiger partial charge in [-0.15, -0.1) is 11.3 Å². The van der Waals surface area contributed by atoms with Crippen molar-refractivity contribution < 1.29 is 23.9 Å². The Bertz CT molecular complexity index is 948. The van der Waals surface area contributed by atoms with Gasteiger partial charge in [0.05, 0.1) is 18.9 Å². The zero-order valence-corrected chi connectivity index (χ0v) is 17.8. The molecule has 1 aliphatic carbocycles. The molecule has 7 nitrogen and oxygen atoms in total. The van der Waals surface area contributed by atoms with Gasteiger partial charge in [-0.3, -0.25) is 9.59 Å². The first-order valence-electron chi connectivity index (χ1n) is 10.4. The Balaban J connectivity index is 1.45. The highest BCUT2D eigenvalue weighted by atomic mass is 32.1. The van der Waals surface area contributed by atoms with Crippen LogP contribution in [0, 0.1) is 5.92 Å². The summed E-state index contributed by atoms with van der Waals surface area (Å²) in [5.74, 6) is -0.580. The number of amides is 2. The number of thiophene rings is 1. The van der Waals surface area contributed by atoms with E-state index in [4.69, 9.17) is 9.47 Å². The number of esters is 1. The standard InChI is InChI=1S/C22H26N2O5S/c1-2-29-22(27)20-19(16-5-3-4-6-17(16)30-20)23-21(26)14-7-9-15(10-8-14)24-11-12-28-13-18(24)25/h3-6,14-15H,2,7-13H2,1H3,(H,23,26)/t14-,15-.